The van der Waals surface area contributed by atoms with Gasteiger partial charge in [0.2, 0.25) is 0 Å². The van der Waals surface area contributed by atoms with Gasteiger partial charge in [-0.3, -0.25) is 10.1 Å². The Balaban J connectivity index is 1.60. The van der Waals surface area contributed by atoms with Crippen LogP contribution in [0.2, 0.25) is 0 Å². The Morgan fingerprint density at radius 2 is 2.08 bits per heavy atom. The predicted octanol–water partition coefficient (Wildman–Crippen LogP) is 2.11. The molecule has 128 valence electrons. The standard InChI is InChI=1S/C16H19N3O4S/c20-9-14(15(21)10-3-5-12(6-4-10)19(22)23)17-7-13-8-18-16(24-13)11-1-2-11/h3-6,8,11,14-15,17,20-21H,1-2,7,9H2. The van der Waals surface area contributed by atoms with E-state index in [1.54, 1.807) is 11.3 Å². The topological polar surface area (TPSA) is 109 Å². The van der Waals surface area contributed by atoms with Crippen LogP contribution in [0.5, 0.6) is 0 Å². The van der Waals surface area contributed by atoms with Crippen LogP contribution in [0, 0.1) is 10.1 Å². The first kappa shape index (κ1) is 17.0. The molecule has 8 heteroatoms. The number of benzene rings is 1. The molecule has 2 aromatic rings. The fourth-order valence-electron chi connectivity index (χ4n) is 2.46. The zero-order valence-corrected chi connectivity index (χ0v) is 13.8. The maximum atomic E-state index is 10.7. The molecule has 0 bridgehead atoms. The van der Waals surface area contributed by atoms with Gasteiger partial charge in [0.15, 0.2) is 0 Å². The number of nitrogens with zero attached hydrogens (tertiary/aromatic N) is 2. The summed E-state index contributed by atoms with van der Waals surface area (Å²) in [5.74, 6) is 0.614. The molecule has 1 aliphatic carbocycles. The summed E-state index contributed by atoms with van der Waals surface area (Å²) in [6.07, 6.45) is 3.29. The Hall–Kier alpha value is -1.87. The van der Waals surface area contributed by atoms with E-state index in [4.69, 9.17) is 0 Å². The first-order valence-electron chi connectivity index (χ1n) is 7.79. The zero-order chi connectivity index (χ0) is 17.1. The molecule has 1 aromatic carbocycles. The first-order valence-corrected chi connectivity index (χ1v) is 8.61. The van der Waals surface area contributed by atoms with Crippen molar-refractivity contribution in [2.24, 2.45) is 0 Å². The van der Waals surface area contributed by atoms with E-state index in [0.717, 1.165) is 9.88 Å². The summed E-state index contributed by atoms with van der Waals surface area (Å²) in [4.78, 5) is 15.6. The predicted molar refractivity (Wildman–Crippen MR) is 89.9 cm³/mol. The number of thiazole rings is 1. The average Bonchev–Trinajstić information content (AvgIpc) is 3.34. The van der Waals surface area contributed by atoms with Crippen LogP contribution in [0.3, 0.4) is 0 Å². The molecule has 1 heterocycles. The third-order valence-corrected chi connectivity index (χ3v) is 5.22. The fraction of sp³-hybridized carbons (Fsp3) is 0.438. The highest BCUT2D eigenvalue weighted by Gasteiger charge is 2.27. The minimum atomic E-state index is -0.952. The van der Waals surface area contributed by atoms with Crippen LogP contribution in [-0.4, -0.2) is 32.8 Å². The summed E-state index contributed by atoms with van der Waals surface area (Å²) < 4.78 is 0. The largest absolute Gasteiger partial charge is 0.395 e. The number of non-ortho nitro benzene ring substituents is 1. The van der Waals surface area contributed by atoms with E-state index in [9.17, 15) is 20.3 Å². The van der Waals surface area contributed by atoms with Gasteiger partial charge in [-0.15, -0.1) is 11.3 Å². The quantitative estimate of drug-likeness (QED) is 0.497. The van der Waals surface area contributed by atoms with Gasteiger partial charge < -0.3 is 15.5 Å². The van der Waals surface area contributed by atoms with Gasteiger partial charge in [-0.25, -0.2) is 4.98 Å². The summed E-state index contributed by atoms with van der Waals surface area (Å²) in [5, 5.41) is 34.9. The van der Waals surface area contributed by atoms with E-state index in [1.807, 2.05) is 6.20 Å². The summed E-state index contributed by atoms with van der Waals surface area (Å²) in [5.41, 5.74) is 0.492. The van der Waals surface area contributed by atoms with E-state index < -0.39 is 17.1 Å². The number of hydrogen-bond donors (Lipinski definition) is 3. The van der Waals surface area contributed by atoms with Gasteiger partial charge in [0.25, 0.3) is 5.69 Å². The summed E-state index contributed by atoms with van der Waals surface area (Å²) in [7, 11) is 0. The molecular formula is C16H19N3O4S. The van der Waals surface area contributed by atoms with Crippen molar-refractivity contribution in [1.82, 2.24) is 10.3 Å². The number of nitro benzene ring substituents is 1. The van der Waals surface area contributed by atoms with E-state index in [-0.39, 0.29) is 12.3 Å². The van der Waals surface area contributed by atoms with Crippen LogP contribution in [0.25, 0.3) is 0 Å². The summed E-state index contributed by atoms with van der Waals surface area (Å²) >= 11 is 1.66. The van der Waals surface area contributed by atoms with Crippen LogP contribution in [-0.2, 0) is 6.54 Å². The molecule has 0 radical (unpaired) electrons. The molecule has 1 saturated carbocycles. The molecule has 0 aliphatic heterocycles. The molecule has 24 heavy (non-hydrogen) atoms. The van der Waals surface area contributed by atoms with E-state index >= 15 is 0 Å². The fourth-order valence-corrected chi connectivity index (χ4v) is 3.49. The lowest BCUT2D eigenvalue weighted by Gasteiger charge is -2.22. The van der Waals surface area contributed by atoms with Gasteiger partial charge in [0, 0.05) is 35.7 Å². The molecule has 7 nitrogen and oxygen atoms in total. The monoisotopic (exact) mass is 349 g/mol. The molecule has 2 atom stereocenters. The van der Waals surface area contributed by atoms with Gasteiger partial charge in [-0.1, -0.05) is 0 Å². The zero-order valence-electron chi connectivity index (χ0n) is 13.0. The van der Waals surface area contributed by atoms with Gasteiger partial charge in [-0.05, 0) is 30.5 Å². The van der Waals surface area contributed by atoms with Crippen LogP contribution in [0.4, 0.5) is 5.69 Å². The van der Waals surface area contributed by atoms with Crippen LogP contribution in [0.1, 0.15) is 40.3 Å². The Morgan fingerprint density at radius 3 is 2.67 bits per heavy atom. The highest BCUT2D eigenvalue weighted by Crippen LogP contribution is 2.41. The van der Waals surface area contributed by atoms with Gasteiger partial charge in [-0.2, -0.15) is 0 Å². The number of aliphatic hydroxyl groups excluding tert-OH is 2. The van der Waals surface area contributed by atoms with E-state index in [0.29, 0.717) is 18.0 Å². The highest BCUT2D eigenvalue weighted by atomic mass is 32.1. The molecule has 0 amide bonds. The van der Waals surface area contributed by atoms with Gasteiger partial charge in [0.1, 0.15) is 0 Å². The number of nitrogens with one attached hydrogen (secondary N) is 1. The molecule has 2 unspecified atom stereocenters. The minimum absolute atomic E-state index is 0.0308. The van der Waals surface area contributed by atoms with Gasteiger partial charge >= 0.3 is 0 Å². The van der Waals surface area contributed by atoms with Crippen molar-refractivity contribution < 1.29 is 15.1 Å². The number of aromatic nitrogens is 1. The third kappa shape index (κ3) is 3.96. The lowest BCUT2D eigenvalue weighted by Crippen LogP contribution is -2.37. The molecule has 1 fully saturated rings. The lowest BCUT2D eigenvalue weighted by molar-refractivity contribution is -0.384. The van der Waals surface area contributed by atoms with Crippen molar-refractivity contribution in [1.29, 1.82) is 0 Å². The normalized spacial score (nSPS) is 16.8. The van der Waals surface area contributed by atoms with Crippen LogP contribution < -0.4 is 5.32 Å². The SMILES string of the molecule is O=[N+]([O-])c1ccc(C(O)C(CO)NCc2cnc(C3CC3)s2)cc1. The second-order valence-electron chi connectivity index (χ2n) is 5.90. The molecule has 1 aliphatic rings. The van der Waals surface area contributed by atoms with Crippen molar-refractivity contribution >= 4 is 17.0 Å². The second-order valence-corrected chi connectivity index (χ2v) is 7.05. The minimum Gasteiger partial charge on any atom is -0.395 e. The van der Waals surface area contributed by atoms with Gasteiger partial charge in [0.05, 0.1) is 28.7 Å². The van der Waals surface area contributed by atoms with E-state index in [2.05, 4.69) is 10.3 Å². The maximum Gasteiger partial charge on any atom is 0.269 e. The molecule has 0 saturated heterocycles. The Morgan fingerprint density at radius 1 is 1.38 bits per heavy atom. The lowest BCUT2D eigenvalue weighted by atomic mass is 10.0. The summed E-state index contributed by atoms with van der Waals surface area (Å²) in [6, 6.07) is 5.14. The van der Waals surface area contributed by atoms with Crippen molar-refractivity contribution in [3.05, 3.63) is 56.0 Å². The smallest absolute Gasteiger partial charge is 0.269 e. The van der Waals surface area contributed by atoms with Crippen molar-refractivity contribution in [2.45, 2.75) is 37.5 Å². The maximum absolute atomic E-state index is 10.7. The first-order chi connectivity index (χ1) is 11.6. The van der Waals surface area contributed by atoms with E-state index in [1.165, 1.54) is 37.1 Å². The number of nitro groups is 1. The summed E-state index contributed by atoms with van der Waals surface area (Å²) in [6.45, 7) is 0.270. The molecule has 3 rings (SSSR count). The second kappa shape index (κ2) is 7.35. The molecular weight excluding hydrogens is 330 g/mol. The van der Waals surface area contributed by atoms with Crippen LogP contribution >= 0.6 is 11.3 Å². The number of aliphatic hydroxyl groups is 2. The molecule has 1 aromatic heterocycles. The van der Waals surface area contributed by atoms with Crippen molar-refractivity contribution in [2.75, 3.05) is 6.61 Å². The van der Waals surface area contributed by atoms with Crippen molar-refractivity contribution in [3.8, 4) is 0 Å². The molecule has 0 spiro atoms. The number of hydrogen-bond acceptors (Lipinski definition) is 7. The Bertz CT molecular complexity index is 700. The van der Waals surface area contributed by atoms with Crippen LogP contribution in [0.15, 0.2) is 30.5 Å². The van der Waals surface area contributed by atoms with Crippen molar-refractivity contribution in [3.63, 3.8) is 0 Å². The average molecular weight is 349 g/mol. The molecule has 3 N–H and O–H groups in total. The number of rotatable bonds is 8. The third-order valence-electron chi connectivity index (χ3n) is 4.06. The Kier molecular flexibility index (Phi) is 5.20. The highest BCUT2D eigenvalue weighted by molar-refractivity contribution is 7.11. The Labute approximate surface area is 143 Å².